The molecule has 1 aromatic carbocycles. The Hall–Kier alpha value is -2.08. The molecule has 0 bridgehead atoms. The van der Waals surface area contributed by atoms with Crippen LogP contribution in [0.4, 0.5) is 10.5 Å². The first kappa shape index (κ1) is 18.3. The van der Waals surface area contributed by atoms with E-state index in [1.807, 2.05) is 18.6 Å². The fourth-order valence-electron chi connectivity index (χ4n) is 5.32. The normalized spacial score (nSPS) is 26.9. The van der Waals surface area contributed by atoms with Crippen LogP contribution in [-0.4, -0.2) is 61.0 Å². The number of hydrogen-bond acceptors (Lipinski definition) is 3. The van der Waals surface area contributed by atoms with Gasteiger partial charge in [-0.1, -0.05) is 25.0 Å². The summed E-state index contributed by atoms with van der Waals surface area (Å²) < 4.78 is 0. The predicted molar refractivity (Wildman–Crippen MR) is 105 cm³/mol. The molecule has 3 amide bonds. The maximum atomic E-state index is 12.9. The number of nitrogens with two attached hydrogens (primary N) is 1. The second kappa shape index (κ2) is 6.51. The second-order valence-electron chi connectivity index (χ2n) is 8.57. The quantitative estimate of drug-likeness (QED) is 0.864. The van der Waals surface area contributed by atoms with Gasteiger partial charge in [0.1, 0.15) is 5.54 Å². The van der Waals surface area contributed by atoms with Crippen molar-refractivity contribution in [3.8, 4) is 0 Å². The number of carbonyl (C=O) groups excluding carboxylic acids is 2. The van der Waals surface area contributed by atoms with E-state index in [-0.39, 0.29) is 11.4 Å². The molecule has 0 unspecified atom stereocenters. The van der Waals surface area contributed by atoms with Gasteiger partial charge in [0.05, 0.1) is 6.54 Å². The predicted octanol–water partition coefficient (Wildman–Crippen LogP) is 2.13. The molecule has 0 aromatic heterocycles. The second-order valence-corrected chi connectivity index (χ2v) is 8.57. The Bertz CT molecular complexity index is 739. The van der Waals surface area contributed by atoms with Crippen LogP contribution < -0.4 is 10.6 Å². The molecular weight excluding hydrogens is 340 g/mol. The summed E-state index contributed by atoms with van der Waals surface area (Å²) in [6.45, 7) is 1.91. The summed E-state index contributed by atoms with van der Waals surface area (Å²) in [4.78, 5) is 30.5. The van der Waals surface area contributed by atoms with Crippen molar-refractivity contribution in [2.75, 3.05) is 38.6 Å². The third kappa shape index (κ3) is 2.81. The van der Waals surface area contributed by atoms with E-state index in [2.05, 4.69) is 31.1 Å². The van der Waals surface area contributed by atoms with E-state index in [1.165, 1.54) is 31.2 Å². The maximum Gasteiger partial charge on any atom is 0.325 e. The molecule has 3 fully saturated rings. The van der Waals surface area contributed by atoms with Crippen molar-refractivity contribution >= 4 is 17.6 Å². The fourth-order valence-corrected chi connectivity index (χ4v) is 5.32. The Kier molecular flexibility index (Phi) is 4.41. The Balaban J connectivity index is 1.60. The molecule has 2 heterocycles. The zero-order valence-corrected chi connectivity index (χ0v) is 16.3. The molecule has 4 rings (SSSR count). The van der Waals surface area contributed by atoms with E-state index in [1.54, 1.807) is 9.80 Å². The number of carbonyl (C=O) groups is 2. The average molecular weight is 369 g/mol. The number of rotatable bonds is 5. The summed E-state index contributed by atoms with van der Waals surface area (Å²) >= 11 is 0. The van der Waals surface area contributed by atoms with Gasteiger partial charge in [0.2, 0.25) is 5.91 Å². The van der Waals surface area contributed by atoms with Crippen molar-refractivity contribution < 1.29 is 9.59 Å². The Morgan fingerprint density at radius 2 is 1.85 bits per heavy atom. The van der Waals surface area contributed by atoms with Gasteiger partial charge in [-0.15, -0.1) is 0 Å². The molecule has 1 atom stereocenters. The minimum Gasteiger partial charge on any atom is -0.368 e. The molecule has 0 spiro atoms. The topological polar surface area (TPSA) is 69.9 Å². The Morgan fingerprint density at radius 3 is 2.41 bits per heavy atom. The number of likely N-dealkylation sites (N-methyl/N-ethyl adjacent to an activating group) is 1. The van der Waals surface area contributed by atoms with Crippen molar-refractivity contribution in [1.29, 1.82) is 0 Å². The van der Waals surface area contributed by atoms with Gasteiger partial charge >= 0.3 is 6.03 Å². The molecule has 3 aliphatic rings. The van der Waals surface area contributed by atoms with E-state index in [0.717, 1.165) is 12.2 Å². The summed E-state index contributed by atoms with van der Waals surface area (Å²) in [5.41, 5.74) is 7.09. The molecule has 1 aliphatic carbocycles. The zero-order valence-electron chi connectivity index (χ0n) is 16.3. The van der Waals surface area contributed by atoms with E-state index in [0.29, 0.717) is 19.5 Å². The lowest BCUT2D eigenvalue weighted by molar-refractivity contribution is -0.124. The number of urea groups is 1. The van der Waals surface area contributed by atoms with Gasteiger partial charge < -0.3 is 15.5 Å². The van der Waals surface area contributed by atoms with E-state index >= 15 is 0 Å². The number of hydrogen-bond donors (Lipinski definition) is 1. The molecular formula is C21H29N4O2. The van der Waals surface area contributed by atoms with Gasteiger partial charge in [0.25, 0.3) is 0 Å². The SMILES string of the molecule is CN(C)CC1(c2ccc(N3C[C@@]4(C(N)=O)[CH]CCN4C3=O)cc2)CCCC1. The largest absolute Gasteiger partial charge is 0.368 e. The summed E-state index contributed by atoms with van der Waals surface area (Å²) in [5.74, 6) is -0.441. The van der Waals surface area contributed by atoms with Crippen molar-refractivity contribution in [3.63, 3.8) is 0 Å². The van der Waals surface area contributed by atoms with Crippen LogP contribution in [0.15, 0.2) is 24.3 Å². The van der Waals surface area contributed by atoms with Crippen LogP contribution in [0.25, 0.3) is 0 Å². The van der Waals surface area contributed by atoms with Crippen LogP contribution in [0.1, 0.15) is 37.7 Å². The van der Waals surface area contributed by atoms with Crippen molar-refractivity contribution in [2.24, 2.45) is 5.73 Å². The van der Waals surface area contributed by atoms with Gasteiger partial charge in [-0.25, -0.2) is 4.79 Å². The fraction of sp³-hybridized carbons (Fsp3) is 0.571. The highest BCUT2D eigenvalue weighted by Crippen LogP contribution is 2.43. The molecule has 2 saturated heterocycles. The standard InChI is InChI=1S/C21H29N4O2/c1-23(2)14-20(10-3-4-11-20)16-6-8-17(9-7-16)24-15-21(18(22)26)12-5-13-25(21)19(24)27/h6-9,12H,3-5,10-11,13-15H2,1-2H3,(H2,22,26)/t21-/m1/s1. The minimum absolute atomic E-state index is 0.126. The first-order chi connectivity index (χ1) is 12.9. The highest BCUT2D eigenvalue weighted by Gasteiger charge is 2.56. The maximum absolute atomic E-state index is 12.9. The van der Waals surface area contributed by atoms with Crippen LogP contribution in [0.2, 0.25) is 0 Å². The third-order valence-electron chi connectivity index (χ3n) is 6.57. The molecule has 2 aliphatic heterocycles. The minimum atomic E-state index is -0.951. The van der Waals surface area contributed by atoms with Gasteiger partial charge in [-0.2, -0.15) is 0 Å². The smallest absolute Gasteiger partial charge is 0.325 e. The highest BCUT2D eigenvalue weighted by molar-refractivity contribution is 6.04. The molecule has 1 radical (unpaired) electrons. The number of nitrogens with zero attached hydrogens (tertiary/aromatic N) is 3. The molecule has 1 saturated carbocycles. The monoisotopic (exact) mass is 369 g/mol. The van der Waals surface area contributed by atoms with Crippen LogP contribution in [0, 0.1) is 6.42 Å². The zero-order chi connectivity index (χ0) is 19.2. The number of anilines is 1. The molecule has 6 nitrogen and oxygen atoms in total. The van der Waals surface area contributed by atoms with Gasteiger partial charge in [-0.05, 0) is 51.1 Å². The van der Waals surface area contributed by atoms with Crippen LogP contribution in [0.3, 0.4) is 0 Å². The third-order valence-corrected chi connectivity index (χ3v) is 6.57. The van der Waals surface area contributed by atoms with Crippen LogP contribution >= 0.6 is 0 Å². The van der Waals surface area contributed by atoms with E-state index < -0.39 is 11.4 Å². The molecule has 145 valence electrons. The van der Waals surface area contributed by atoms with E-state index in [4.69, 9.17) is 5.73 Å². The number of benzene rings is 1. The molecule has 2 N–H and O–H groups in total. The summed E-state index contributed by atoms with van der Waals surface area (Å²) in [6.07, 6.45) is 7.57. The summed E-state index contributed by atoms with van der Waals surface area (Å²) in [6, 6.07) is 8.27. The lowest BCUT2D eigenvalue weighted by Gasteiger charge is -2.33. The Morgan fingerprint density at radius 1 is 1.19 bits per heavy atom. The van der Waals surface area contributed by atoms with Crippen LogP contribution in [-0.2, 0) is 10.2 Å². The highest BCUT2D eigenvalue weighted by atomic mass is 16.2. The molecule has 1 aromatic rings. The van der Waals surface area contributed by atoms with Crippen molar-refractivity contribution in [2.45, 2.75) is 43.1 Å². The lowest BCUT2D eigenvalue weighted by atomic mass is 9.78. The van der Waals surface area contributed by atoms with Crippen molar-refractivity contribution in [1.82, 2.24) is 9.80 Å². The number of amides is 3. The molecule has 6 heteroatoms. The number of primary amides is 1. The van der Waals surface area contributed by atoms with Crippen molar-refractivity contribution in [3.05, 3.63) is 36.2 Å². The molecule has 27 heavy (non-hydrogen) atoms. The van der Waals surface area contributed by atoms with Crippen LogP contribution in [0.5, 0.6) is 0 Å². The first-order valence-electron chi connectivity index (χ1n) is 9.87. The van der Waals surface area contributed by atoms with Gasteiger partial charge in [0, 0.05) is 30.6 Å². The first-order valence-corrected chi connectivity index (χ1v) is 9.87. The van der Waals surface area contributed by atoms with E-state index in [9.17, 15) is 9.59 Å². The summed E-state index contributed by atoms with van der Waals surface area (Å²) in [7, 11) is 4.26. The Labute approximate surface area is 161 Å². The average Bonchev–Trinajstić information content (AvgIpc) is 3.32. The van der Waals surface area contributed by atoms with Gasteiger partial charge in [-0.3, -0.25) is 9.69 Å². The number of fused-ring (bicyclic) bond motifs is 1. The van der Waals surface area contributed by atoms with Gasteiger partial charge in [0.15, 0.2) is 0 Å². The summed E-state index contributed by atoms with van der Waals surface area (Å²) in [5, 5.41) is 0. The lowest BCUT2D eigenvalue weighted by Crippen LogP contribution is -2.53.